The van der Waals surface area contributed by atoms with Gasteiger partial charge < -0.3 is 5.32 Å². The van der Waals surface area contributed by atoms with E-state index in [9.17, 15) is 0 Å². The lowest BCUT2D eigenvalue weighted by atomic mass is 10.3. The Bertz CT molecular complexity index is 431. The third-order valence-electron chi connectivity index (χ3n) is 1.49. The minimum atomic E-state index is 0.462. The van der Waals surface area contributed by atoms with Crippen LogP contribution in [-0.4, -0.2) is 14.8 Å². The second-order valence-corrected chi connectivity index (χ2v) is 3.91. The number of aromatic nitrogens is 3. The highest BCUT2D eigenvalue weighted by molar-refractivity contribution is 7.09. The number of hydrogen-bond donors (Lipinski definition) is 1. The molecule has 2 rings (SSSR count). The van der Waals surface area contributed by atoms with Gasteiger partial charge in [-0.2, -0.15) is 0 Å². The Kier molecular flexibility index (Phi) is 2.81. The summed E-state index contributed by atoms with van der Waals surface area (Å²) in [6.07, 6.45) is 0. The first-order valence-electron chi connectivity index (χ1n) is 3.63. The monoisotopic (exact) mass is 246 g/mol. The molecule has 0 saturated carbocycles. The molecule has 7 heteroatoms. The van der Waals surface area contributed by atoms with E-state index in [2.05, 4.69) is 20.1 Å². The highest BCUT2D eigenvalue weighted by Gasteiger charge is 2.05. The van der Waals surface area contributed by atoms with Crippen LogP contribution in [0.2, 0.25) is 10.0 Å². The predicted octanol–water partition coefficient (Wildman–Crippen LogP) is 2.98. The first kappa shape index (κ1) is 9.64. The van der Waals surface area contributed by atoms with E-state index >= 15 is 0 Å². The zero-order valence-electron chi connectivity index (χ0n) is 6.74. The van der Waals surface area contributed by atoms with Crippen LogP contribution >= 0.6 is 34.7 Å². The molecule has 2 aromatic rings. The summed E-state index contributed by atoms with van der Waals surface area (Å²) in [6.45, 7) is 0. The fraction of sp³-hybridized carbons (Fsp3) is 0. The number of anilines is 2. The van der Waals surface area contributed by atoms with Crippen molar-refractivity contribution in [2.75, 3.05) is 5.32 Å². The molecule has 0 fully saturated rings. The van der Waals surface area contributed by atoms with Crippen LogP contribution in [-0.2, 0) is 0 Å². The van der Waals surface area contributed by atoms with Crippen LogP contribution in [0.5, 0.6) is 0 Å². The van der Waals surface area contributed by atoms with E-state index in [0.29, 0.717) is 20.9 Å². The topological polar surface area (TPSA) is 50.7 Å². The Labute approximate surface area is 94.0 Å². The molecule has 1 aromatic carbocycles. The van der Waals surface area contributed by atoms with Gasteiger partial charge >= 0.3 is 0 Å². The van der Waals surface area contributed by atoms with Crippen LogP contribution in [0.3, 0.4) is 0 Å². The molecule has 4 nitrogen and oxygen atoms in total. The smallest absolute Gasteiger partial charge is 0.229 e. The van der Waals surface area contributed by atoms with E-state index in [4.69, 9.17) is 23.2 Å². The molecule has 14 heavy (non-hydrogen) atoms. The summed E-state index contributed by atoms with van der Waals surface area (Å²) in [5, 5.41) is 11.7. The van der Waals surface area contributed by atoms with Crippen molar-refractivity contribution in [3.63, 3.8) is 0 Å². The number of rotatable bonds is 2. The molecule has 0 aliphatic heterocycles. The molecule has 1 heterocycles. The summed E-state index contributed by atoms with van der Waals surface area (Å²) in [6, 6.07) is 5.31. The Morgan fingerprint density at radius 1 is 1.29 bits per heavy atom. The summed E-state index contributed by atoms with van der Waals surface area (Å²) in [5.41, 5.74) is 0.692. The molecule has 0 aliphatic carbocycles. The molecule has 0 unspecified atom stereocenters. The Morgan fingerprint density at radius 2 is 2.14 bits per heavy atom. The average Bonchev–Trinajstić information content (AvgIpc) is 2.66. The van der Waals surface area contributed by atoms with Crippen molar-refractivity contribution in [3.8, 4) is 0 Å². The van der Waals surface area contributed by atoms with Gasteiger partial charge in [0, 0.05) is 11.5 Å². The largest absolute Gasteiger partial charge is 0.328 e. The Morgan fingerprint density at radius 3 is 2.86 bits per heavy atom. The molecule has 0 atom stereocenters. The second-order valence-electron chi connectivity index (χ2n) is 2.39. The first-order valence-corrected chi connectivity index (χ1v) is 5.16. The molecule has 0 saturated heterocycles. The summed E-state index contributed by atoms with van der Waals surface area (Å²) >= 11 is 12.9. The Hall–Kier alpha value is -0.910. The molecule has 0 amide bonds. The van der Waals surface area contributed by atoms with Crippen LogP contribution in [0.25, 0.3) is 0 Å². The van der Waals surface area contributed by atoms with Gasteiger partial charge in [-0.15, -0.1) is 0 Å². The molecule has 0 aliphatic rings. The van der Waals surface area contributed by atoms with Gasteiger partial charge in [0.2, 0.25) is 5.13 Å². The molecule has 72 valence electrons. The molecule has 1 aromatic heterocycles. The predicted molar refractivity (Wildman–Crippen MR) is 57.4 cm³/mol. The van der Waals surface area contributed by atoms with Gasteiger partial charge in [-0.3, -0.25) is 0 Å². The van der Waals surface area contributed by atoms with E-state index < -0.39 is 0 Å². The Balaban J connectivity index is 2.29. The molecule has 0 radical (unpaired) electrons. The van der Waals surface area contributed by atoms with Crippen LogP contribution in [0, 0.1) is 0 Å². The highest BCUT2D eigenvalue weighted by atomic mass is 35.5. The second kappa shape index (κ2) is 4.08. The number of benzene rings is 1. The summed E-state index contributed by atoms with van der Waals surface area (Å²) in [4.78, 5) is 0. The lowest BCUT2D eigenvalue weighted by Crippen LogP contribution is -1.90. The third-order valence-corrected chi connectivity index (χ3v) is 2.82. The van der Waals surface area contributed by atoms with Gasteiger partial charge in [0.25, 0.3) is 0 Å². The van der Waals surface area contributed by atoms with Gasteiger partial charge in [-0.05, 0) is 17.3 Å². The molecule has 0 bridgehead atoms. The van der Waals surface area contributed by atoms with Gasteiger partial charge in [0.15, 0.2) is 0 Å². The van der Waals surface area contributed by atoms with Crippen molar-refractivity contribution in [1.29, 1.82) is 0 Å². The van der Waals surface area contributed by atoms with Crippen molar-refractivity contribution in [2.24, 2.45) is 0 Å². The van der Waals surface area contributed by atoms with Crippen LogP contribution in [0.4, 0.5) is 10.8 Å². The number of nitrogens with zero attached hydrogens (tertiary/aromatic N) is 3. The third kappa shape index (κ3) is 1.95. The maximum Gasteiger partial charge on any atom is 0.229 e. The number of hydrogen-bond acceptors (Lipinski definition) is 5. The van der Waals surface area contributed by atoms with Crippen molar-refractivity contribution in [1.82, 2.24) is 14.8 Å². The van der Waals surface area contributed by atoms with Gasteiger partial charge in [-0.25, -0.2) is 0 Å². The lowest BCUT2D eigenvalue weighted by molar-refractivity contribution is 0.961. The van der Waals surface area contributed by atoms with E-state index in [1.165, 1.54) is 0 Å². The summed E-state index contributed by atoms with van der Waals surface area (Å²) in [7, 11) is 0. The van der Waals surface area contributed by atoms with Crippen LogP contribution in [0.15, 0.2) is 18.2 Å². The fourth-order valence-electron chi connectivity index (χ4n) is 0.897. The SMILES string of the molecule is Clc1cccc(Nc2nnns2)c1Cl. The van der Waals surface area contributed by atoms with Gasteiger partial charge in [0.1, 0.15) is 0 Å². The van der Waals surface area contributed by atoms with E-state index in [0.717, 1.165) is 11.5 Å². The van der Waals surface area contributed by atoms with E-state index in [1.807, 2.05) is 0 Å². The van der Waals surface area contributed by atoms with Gasteiger partial charge in [0.05, 0.1) is 15.7 Å². The average molecular weight is 247 g/mol. The quantitative estimate of drug-likeness (QED) is 0.886. The normalized spacial score (nSPS) is 10.1. The number of nitrogens with one attached hydrogen (secondary N) is 1. The summed E-state index contributed by atoms with van der Waals surface area (Å²) in [5.74, 6) is 0. The highest BCUT2D eigenvalue weighted by Crippen LogP contribution is 2.31. The minimum Gasteiger partial charge on any atom is -0.328 e. The maximum atomic E-state index is 5.95. The maximum absolute atomic E-state index is 5.95. The molecular formula is C7H4Cl2N4S. The molecule has 1 N–H and O–H groups in total. The van der Waals surface area contributed by atoms with E-state index in [1.54, 1.807) is 18.2 Å². The van der Waals surface area contributed by atoms with Crippen LogP contribution < -0.4 is 5.32 Å². The molecular weight excluding hydrogens is 243 g/mol. The number of halogens is 2. The van der Waals surface area contributed by atoms with Crippen molar-refractivity contribution >= 4 is 45.6 Å². The first-order chi connectivity index (χ1) is 6.77. The fourth-order valence-corrected chi connectivity index (χ4v) is 1.62. The minimum absolute atomic E-state index is 0.462. The van der Waals surface area contributed by atoms with Crippen molar-refractivity contribution in [3.05, 3.63) is 28.2 Å². The van der Waals surface area contributed by atoms with Crippen LogP contribution in [0.1, 0.15) is 0 Å². The zero-order valence-corrected chi connectivity index (χ0v) is 9.07. The standard InChI is InChI=1S/C7H4Cl2N4S/c8-4-2-1-3-5(6(4)9)10-7-11-12-13-14-7/h1-3H,(H,10,11,13). The molecule has 0 spiro atoms. The summed E-state index contributed by atoms with van der Waals surface area (Å²) < 4.78 is 3.61. The van der Waals surface area contributed by atoms with Gasteiger partial charge in [-0.1, -0.05) is 38.9 Å². The van der Waals surface area contributed by atoms with Crippen molar-refractivity contribution in [2.45, 2.75) is 0 Å². The zero-order chi connectivity index (χ0) is 9.97. The lowest BCUT2D eigenvalue weighted by Gasteiger charge is -2.04. The van der Waals surface area contributed by atoms with E-state index in [-0.39, 0.29) is 0 Å². The van der Waals surface area contributed by atoms with Crippen molar-refractivity contribution < 1.29 is 0 Å².